The average molecular weight is 420 g/mol. The van der Waals surface area contributed by atoms with Crippen LogP contribution in [0.25, 0.3) is 0 Å². The maximum atomic E-state index is 13.6. The standard InChI is InChI=1S/C21H26ClN3O4/c1-12-2-4-13(5-3-12)17(24-20(27)14-6-8-23-9-7-14)21(28)25-10-15(22)19-18(25)16(26)11-29-19/h6-9,12-13,15,17-19H,2-5,10-11H2,1H3,(H,24,27)/t12?,13?,15-,17?,18+,19+/m0/s1. The number of alkyl halides is 1. The number of rotatable bonds is 4. The van der Waals surface area contributed by atoms with Gasteiger partial charge >= 0.3 is 0 Å². The molecule has 0 bridgehead atoms. The molecule has 0 aromatic carbocycles. The summed E-state index contributed by atoms with van der Waals surface area (Å²) in [4.78, 5) is 44.2. The zero-order valence-electron chi connectivity index (χ0n) is 16.4. The van der Waals surface area contributed by atoms with Crippen LogP contribution >= 0.6 is 11.6 Å². The van der Waals surface area contributed by atoms with Crippen LogP contribution in [0.2, 0.25) is 0 Å². The molecule has 1 aliphatic carbocycles. The molecule has 2 aliphatic heterocycles. The van der Waals surface area contributed by atoms with Gasteiger partial charge in [0.25, 0.3) is 5.91 Å². The van der Waals surface area contributed by atoms with Gasteiger partial charge in [-0.25, -0.2) is 0 Å². The summed E-state index contributed by atoms with van der Waals surface area (Å²) in [5.74, 6) is -0.00990. The van der Waals surface area contributed by atoms with Crippen molar-refractivity contribution < 1.29 is 19.1 Å². The number of amides is 2. The molecular formula is C21H26ClN3O4. The second-order valence-electron chi connectivity index (χ2n) is 8.40. The van der Waals surface area contributed by atoms with Crippen LogP contribution in [0.1, 0.15) is 43.0 Å². The number of pyridine rings is 1. The van der Waals surface area contributed by atoms with Crippen LogP contribution in [0, 0.1) is 11.8 Å². The molecule has 1 N–H and O–H groups in total. The lowest BCUT2D eigenvalue weighted by atomic mass is 9.78. The van der Waals surface area contributed by atoms with Crippen LogP contribution in [0.4, 0.5) is 0 Å². The predicted octanol–water partition coefficient (Wildman–Crippen LogP) is 1.79. The molecule has 8 heteroatoms. The zero-order valence-corrected chi connectivity index (χ0v) is 17.2. The molecule has 1 unspecified atom stereocenters. The molecule has 1 aromatic heterocycles. The maximum Gasteiger partial charge on any atom is 0.252 e. The number of halogens is 1. The Morgan fingerprint density at radius 3 is 2.62 bits per heavy atom. The molecule has 3 aliphatic rings. The first-order valence-corrected chi connectivity index (χ1v) is 10.7. The Morgan fingerprint density at radius 1 is 1.24 bits per heavy atom. The van der Waals surface area contributed by atoms with Gasteiger partial charge in [0.2, 0.25) is 5.91 Å². The highest BCUT2D eigenvalue weighted by molar-refractivity contribution is 6.22. The first-order valence-electron chi connectivity index (χ1n) is 10.3. The van der Waals surface area contributed by atoms with Crippen LogP contribution in [-0.4, -0.2) is 64.2 Å². The molecule has 3 fully saturated rings. The van der Waals surface area contributed by atoms with E-state index in [0.29, 0.717) is 11.5 Å². The monoisotopic (exact) mass is 419 g/mol. The molecule has 1 saturated carbocycles. The largest absolute Gasteiger partial charge is 0.366 e. The van der Waals surface area contributed by atoms with E-state index in [-0.39, 0.29) is 36.7 Å². The van der Waals surface area contributed by atoms with Gasteiger partial charge in [-0.3, -0.25) is 19.4 Å². The van der Waals surface area contributed by atoms with Crippen molar-refractivity contribution in [3.8, 4) is 0 Å². The summed E-state index contributed by atoms with van der Waals surface area (Å²) in [5, 5.41) is 2.53. The third-order valence-electron chi connectivity index (χ3n) is 6.43. The van der Waals surface area contributed by atoms with Gasteiger partial charge in [-0.15, -0.1) is 11.6 Å². The van der Waals surface area contributed by atoms with E-state index in [4.69, 9.17) is 16.3 Å². The number of carbonyl (C=O) groups is 3. The van der Waals surface area contributed by atoms with Gasteiger partial charge in [0.05, 0.1) is 5.38 Å². The quantitative estimate of drug-likeness (QED) is 0.751. The van der Waals surface area contributed by atoms with Crippen LogP contribution in [-0.2, 0) is 14.3 Å². The molecule has 0 spiro atoms. The van der Waals surface area contributed by atoms with Crippen molar-refractivity contribution >= 4 is 29.2 Å². The van der Waals surface area contributed by atoms with Gasteiger partial charge in [-0.05, 0) is 36.8 Å². The summed E-state index contributed by atoms with van der Waals surface area (Å²) < 4.78 is 5.50. The smallest absolute Gasteiger partial charge is 0.252 e. The lowest BCUT2D eigenvalue weighted by molar-refractivity contribution is -0.139. The first-order chi connectivity index (χ1) is 14.0. The molecule has 0 radical (unpaired) electrons. The third kappa shape index (κ3) is 4.03. The lowest BCUT2D eigenvalue weighted by Gasteiger charge is -2.35. The van der Waals surface area contributed by atoms with Gasteiger partial charge in [-0.2, -0.15) is 0 Å². The van der Waals surface area contributed by atoms with Crippen LogP contribution in [0.5, 0.6) is 0 Å². The first kappa shape index (κ1) is 20.3. The van der Waals surface area contributed by atoms with Crippen LogP contribution < -0.4 is 5.32 Å². The second kappa shape index (κ2) is 8.40. The minimum absolute atomic E-state index is 0.0165. The second-order valence-corrected chi connectivity index (χ2v) is 8.96. The van der Waals surface area contributed by atoms with Crippen LogP contribution in [0.3, 0.4) is 0 Å². The fourth-order valence-electron chi connectivity index (χ4n) is 4.73. The lowest BCUT2D eigenvalue weighted by Crippen LogP contribution is -2.55. The fraction of sp³-hybridized carbons (Fsp3) is 0.619. The summed E-state index contributed by atoms with van der Waals surface area (Å²) >= 11 is 6.36. The molecule has 29 heavy (non-hydrogen) atoms. The summed E-state index contributed by atoms with van der Waals surface area (Å²) in [7, 11) is 0. The van der Waals surface area contributed by atoms with E-state index in [2.05, 4.69) is 17.2 Å². The molecular weight excluding hydrogens is 394 g/mol. The summed E-state index contributed by atoms with van der Waals surface area (Å²) in [6, 6.07) is 1.91. The Hall–Kier alpha value is -1.99. The Kier molecular flexibility index (Phi) is 5.88. The Bertz CT molecular complexity index is 781. The number of nitrogens with one attached hydrogen (secondary N) is 1. The van der Waals surface area contributed by atoms with Gasteiger partial charge < -0.3 is 15.0 Å². The number of aromatic nitrogens is 1. The molecule has 4 atom stereocenters. The topological polar surface area (TPSA) is 88.6 Å². The Morgan fingerprint density at radius 2 is 1.93 bits per heavy atom. The molecule has 2 amide bonds. The Balaban J connectivity index is 1.57. The van der Waals surface area contributed by atoms with E-state index in [9.17, 15) is 14.4 Å². The highest BCUT2D eigenvalue weighted by Gasteiger charge is 2.53. The Labute approximate surface area is 175 Å². The van der Waals surface area contributed by atoms with E-state index >= 15 is 0 Å². The van der Waals surface area contributed by atoms with Crippen molar-refractivity contribution in [2.24, 2.45) is 11.8 Å². The molecule has 2 saturated heterocycles. The van der Waals surface area contributed by atoms with E-state index in [1.54, 1.807) is 24.5 Å². The number of carbonyl (C=O) groups excluding carboxylic acids is 3. The minimum Gasteiger partial charge on any atom is -0.366 e. The fourth-order valence-corrected chi connectivity index (χ4v) is 5.09. The highest BCUT2D eigenvalue weighted by Crippen LogP contribution is 2.35. The number of nitrogens with zero attached hydrogens (tertiary/aromatic N) is 2. The van der Waals surface area contributed by atoms with Crippen molar-refractivity contribution in [1.82, 2.24) is 15.2 Å². The SMILES string of the molecule is CC1CCC(C(NC(=O)c2ccncc2)C(=O)N2C[C@H](Cl)[C@H]3OCC(=O)[C@H]32)CC1. The average Bonchev–Trinajstić information content (AvgIpc) is 3.28. The van der Waals surface area contributed by atoms with Crippen molar-refractivity contribution in [3.63, 3.8) is 0 Å². The number of ether oxygens (including phenoxy) is 1. The van der Waals surface area contributed by atoms with Gasteiger partial charge in [0.15, 0.2) is 5.78 Å². The van der Waals surface area contributed by atoms with E-state index in [0.717, 1.165) is 25.7 Å². The minimum atomic E-state index is -0.681. The molecule has 1 aromatic rings. The number of fused-ring (bicyclic) bond motifs is 1. The summed E-state index contributed by atoms with van der Waals surface area (Å²) in [6.45, 7) is 2.45. The zero-order chi connectivity index (χ0) is 20.5. The number of Topliss-reactive ketones (excluding diaryl/α,β-unsaturated/α-hetero) is 1. The van der Waals surface area contributed by atoms with E-state index < -0.39 is 23.6 Å². The van der Waals surface area contributed by atoms with Gasteiger partial charge in [0.1, 0.15) is 24.8 Å². The van der Waals surface area contributed by atoms with E-state index in [1.165, 1.54) is 4.90 Å². The van der Waals surface area contributed by atoms with Crippen LogP contribution in [0.15, 0.2) is 24.5 Å². The molecule has 156 valence electrons. The highest BCUT2D eigenvalue weighted by atomic mass is 35.5. The predicted molar refractivity (Wildman–Crippen MR) is 107 cm³/mol. The van der Waals surface area contributed by atoms with Crippen molar-refractivity contribution in [2.45, 2.75) is 56.2 Å². The van der Waals surface area contributed by atoms with Crippen molar-refractivity contribution in [2.75, 3.05) is 13.2 Å². The summed E-state index contributed by atoms with van der Waals surface area (Å²) in [5.41, 5.74) is 0.455. The molecule has 4 rings (SSSR count). The number of likely N-dealkylation sites (tertiary alicyclic amines) is 1. The number of hydrogen-bond acceptors (Lipinski definition) is 5. The van der Waals surface area contributed by atoms with Gasteiger partial charge in [-0.1, -0.05) is 19.8 Å². The van der Waals surface area contributed by atoms with Crippen molar-refractivity contribution in [1.29, 1.82) is 0 Å². The number of hydrogen-bond donors (Lipinski definition) is 1. The normalized spacial score (nSPS) is 32.7. The number of ketones is 1. The summed E-state index contributed by atoms with van der Waals surface area (Å²) in [6.07, 6.45) is 6.40. The van der Waals surface area contributed by atoms with E-state index in [1.807, 2.05) is 0 Å². The van der Waals surface area contributed by atoms with Crippen molar-refractivity contribution in [3.05, 3.63) is 30.1 Å². The maximum absolute atomic E-state index is 13.6. The third-order valence-corrected chi connectivity index (χ3v) is 6.82. The molecule has 7 nitrogen and oxygen atoms in total. The van der Waals surface area contributed by atoms with Gasteiger partial charge in [0, 0.05) is 24.5 Å². The molecule has 3 heterocycles.